The van der Waals surface area contributed by atoms with Gasteiger partial charge in [0.25, 0.3) is 0 Å². The average molecular weight is 284 g/mol. The van der Waals surface area contributed by atoms with E-state index in [-0.39, 0.29) is 5.56 Å². The lowest BCUT2D eigenvalue weighted by Gasteiger charge is -2.12. The van der Waals surface area contributed by atoms with Gasteiger partial charge in [-0.25, -0.2) is 4.79 Å². The summed E-state index contributed by atoms with van der Waals surface area (Å²) in [5.74, 6) is -0.983. The Morgan fingerprint density at radius 1 is 1.30 bits per heavy atom. The predicted molar refractivity (Wildman–Crippen MR) is 81.0 cm³/mol. The molecule has 100 valence electrons. The first-order chi connectivity index (χ1) is 9.66. The predicted octanol–water partition coefficient (Wildman–Crippen LogP) is 4.05. The van der Waals surface area contributed by atoms with E-state index in [9.17, 15) is 9.90 Å². The molecular weight excluding hydrogens is 272 g/mol. The van der Waals surface area contributed by atoms with Crippen LogP contribution in [0.2, 0.25) is 0 Å². The van der Waals surface area contributed by atoms with E-state index in [1.165, 1.54) is 17.5 Å². The molecule has 20 heavy (non-hydrogen) atoms. The number of carbonyl (C=O) groups is 1. The molecule has 0 aliphatic carbocycles. The van der Waals surface area contributed by atoms with E-state index in [1.807, 2.05) is 42.6 Å². The summed E-state index contributed by atoms with van der Waals surface area (Å²) in [4.78, 5) is 15.6. The zero-order valence-corrected chi connectivity index (χ0v) is 11.6. The fraction of sp³-hybridized carbons (Fsp3) is 0.0667. The number of fused-ring (bicyclic) bond motifs is 1. The molecule has 0 saturated carbocycles. The standard InChI is InChI=1S/C15H12N2O2S/c1-9-4-2-3-5-11(9)17-13-10(15(18)19)8-16-12-6-7-20-14(12)13/h2-8H,1H3,(H,16,17)(H,18,19). The first-order valence-electron chi connectivity index (χ1n) is 6.09. The summed E-state index contributed by atoms with van der Waals surface area (Å²) in [6, 6.07) is 9.67. The van der Waals surface area contributed by atoms with Gasteiger partial charge in [-0.3, -0.25) is 4.98 Å². The molecule has 0 aliphatic rings. The number of carboxylic acid groups (broad SMARTS) is 1. The van der Waals surface area contributed by atoms with Crippen LogP contribution in [0.4, 0.5) is 11.4 Å². The van der Waals surface area contributed by atoms with Gasteiger partial charge in [0.05, 0.1) is 15.9 Å². The van der Waals surface area contributed by atoms with E-state index < -0.39 is 5.97 Å². The average Bonchev–Trinajstić information content (AvgIpc) is 2.90. The highest BCUT2D eigenvalue weighted by atomic mass is 32.1. The number of carboxylic acids is 1. The van der Waals surface area contributed by atoms with Crippen molar-refractivity contribution in [2.45, 2.75) is 6.92 Å². The van der Waals surface area contributed by atoms with Crippen molar-refractivity contribution in [3.05, 3.63) is 53.0 Å². The SMILES string of the molecule is Cc1ccccc1Nc1c(C(=O)O)cnc2ccsc12. The molecule has 2 aromatic heterocycles. The lowest BCUT2D eigenvalue weighted by atomic mass is 10.1. The molecule has 3 rings (SSSR count). The Labute approximate surface area is 119 Å². The zero-order chi connectivity index (χ0) is 14.1. The fourth-order valence-electron chi connectivity index (χ4n) is 2.05. The van der Waals surface area contributed by atoms with Crippen LogP contribution >= 0.6 is 11.3 Å². The van der Waals surface area contributed by atoms with Crippen LogP contribution in [-0.2, 0) is 0 Å². The molecule has 0 saturated heterocycles. The molecule has 0 fully saturated rings. The Bertz CT molecular complexity index is 795. The van der Waals surface area contributed by atoms with Crippen molar-refractivity contribution < 1.29 is 9.90 Å². The van der Waals surface area contributed by atoms with Crippen LogP contribution in [0, 0.1) is 6.92 Å². The Morgan fingerprint density at radius 2 is 2.10 bits per heavy atom. The first kappa shape index (κ1) is 12.6. The van der Waals surface area contributed by atoms with E-state index in [0.717, 1.165) is 21.5 Å². The second kappa shape index (κ2) is 4.94. The number of thiophene rings is 1. The number of aryl methyl sites for hydroxylation is 1. The van der Waals surface area contributed by atoms with Crippen molar-refractivity contribution >= 4 is 38.9 Å². The third kappa shape index (κ3) is 2.12. The van der Waals surface area contributed by atoms with Crippen LogP contribution < -0.4 is 5.32 Å². The van der Waals surface area contributed by atoms with Crippen LogP contribution in [0.25, 0.3) is 10.2 Å². The third-order valence-corrected chi connectivity index (χ3v) is 4.03. The van der Waals surface area contributed by atoms with Gasteiger partial charge >= 0.3 is 5.97 Å². The van der Waals surface area contributed by atoms with Gasteiger partial charge in [-0.2, -0.15) is 0 Å². The number of benzene rings is 1. The van der Waals surface area contributed by atoms with Gasteiger partial charge in [-0.05, 0) is 30.0 Å². The lowest BCUT2D eigenvalue weighted by molar-refractivity contribution is 0.0698. The van der Waals surface area contributed by atoms with Gasteiger partial charge in [-0.1, -0.05) is 18.2 Å². The van der Waals surface area contributed by atoms with E-state index in [2.05, 4.69) is 10.3 Å². The van der Waals surface area contributed by atoms with Crippen molar-refractivity contribution in [1.29, 1.82) is 0 Å². The number of rotatable bonds is 3. The van der Waals surface area contributed by atoms with E-state index in [4.69, 9.17) is 0 Å². The van der Waals surface area contributed by atoms with Crippen LogP contribution in [-0.4, -0.2) is 16.1 Å². The maximum absolute atomic E-state index is 11.4. The number of hydrogen-bond donors (Lipinski definition) is 2. The Balaban J connectivity index is 2.18. The number of pyridine rings is 1. The van der Waals surface area contributed by atoms with E-state index in [1.54, 1.807) is 0 Å². The minimum absolute atomic E-state index is 0.184. The van der Waals surface area contributed by atoms with E-state index >= 15 is 0 Å². The van der Waals surface area contributed by atoms with Gasteiger partial charge in [0, 0.05) is 11.9 Å². The number of aromatic nitrogens is 1. The van der Waals surface area contributed by atoms with Crippen molar-refractivity contribution in [1.82, 2.24) is 4.98 Å². The van der Waals surface area contributed by atoms with Crippen molar-refractivity contribution in [2.24, 2.45) is 0 Å². The van der Waals surface area contributed by atoms with Gasteiger partial charge < -0.3 is 10.4 Å². The highest BCUT2D eigenvalue weighted by molar-refractivity contribution is 7.17. The van der Waals surface area contributed by atoms with Crippen LogP contribution in [0.3, 0.4) is 0 Å². The number of anilines is 2. The molecule has 0 aliphatic heterocycles. The molecule has 0 radical (unpaired) electrons. The topological polar surface area (TPSA) is 62.2 Å². The molecule has 0 spiro atoms. The Morgan fingerprint density at radius 3 is 2.85 bits per heavy atom. The van der Waals surface area contributed by atoms with Gasteiger partial charge in [0.15, 0.2) is 0 Å². The lowest BCUT2D eigenvalue weighted by Crippen LogP contribution is -2.04. The third-order valence-electron chi connectivity index (χ3n) is 3.11. The highest BCUT2D eigenvalue weighted by Crippen LogP contribution is 2.33. The maximum Gasteiger partial charge on any atom is 0.339 e. The fourth-order valence-corrected chi connectivity index (χ4v) is 2.90. The monoisotopic (exact) mass is 284 g/mol. The van der Waals surface area contributed by atoms with Crippen LogP contribution in [0.1, 0.15) is 15.9 Å². The Kier molecular flexibility index (Phi) is 3.12. The van der Waals surface area contributed by atoms with Gasteiger partial charge in [0.2, 0.25) is 0 Å². The molecule has 3 aromatic rings. The summed E-state index contributed by atoms with van der Waals surface area (Å²) in [5.41, 5.74) is 3.55. The maximum atomic E-state index is 11.4. The highest BCUT2D eigenvalue weighted by Gasteiger charge is 2.16. The summed E-state index contributed by atoms with van der Waals surface area (Å²) in [5, 5.41) is 14.5. The molecule has 2 N–H and O–H groups in total. The van der Waals surface area contributed by atoms with Crippen LogP contribution in [0.15, 0.2) is 41.9 Å². The van der Waals surface area contributed by atoms with Crippen LogP contribution in [0.5, 0.6) is 0 Å². The summed E-state index contributed by atoms with van der Waals surface area (Å²) in [6.07, 6.45) is 1.40. The number of hydrogen-bond acceptors (Lipinski definition) is 4. The largest absolute Gasteiger partial charge is 0.478 e. The minimum Gasteiger partial charge on any atom is -0.478 e. The number of aromatic carboxylic acids is 1. The molecule has 0 amide bonds. The quantitative estimate of drug-likeness (QED) is 0.761. The second-order valence-corrected chi connectivity index (χ2v) is 5.34. The van der Waals surface area contributed by atoms with E-state index in [0.29, 0.717) is 5.69 Å². The second-order valence-electron chi connectivity index (χ2n) is 4.43. The normalized spacial score (nSPS) is 10.7. The summed E-state index contributed by atoms with van der Waals surface area (Å²) < 4.78 is 0.855. The first-order valence-corrected chi connectivity index (χ1v) is 6.97. The molecule has 1 aromatic carbocycles. The molecule has 5 heteroatoms. The van der Waals surface area contributed by atoms with Crippen molar-refractivity contribution in [3.8, 4) is 0 Å². The number of nitrogens with one attached hydrogen (secondary N) is 1. The van der Waals surface area contributed by atoms with Gasteiger partial charge in [0.1, 0.15) is 5.56 Å². The summed E-state index contributed by atoms with van der Waals surface area (Å²) in [7, 11) is 0. The van der Waals surface area contributed by atoms with Crippen molar-refractivity contribution in [2.75, 3.05) is 5.32 Å². The summed E-state index contributed by atoms with van der Waals surface area (Å²) in [6.45, 7) is 1.98. The van der Waals surface area contributed by atoms with Crippen molar-refractivity contribution in [3.63, 3.8) is 0 Å². The molecule has 0 unspecified atom stereocenters. The molecule has 4 nitrogen and oxygen atoms in total. The molecule has 2 heterocycles. The molecule has 0 bridgehead atoms. The molecular formula is C15H12N2O2S. The zero-order valence-electron chi connectivity index (χ0n) is 10.8. The smallest absolute Gasteiger partial charge is 0.339 e. The number of nitrogens with zero attached hydrogens (tertiary/aromatic N) is 1. The summed E-state index contributed by atoms with van der Waals surface area (Å²) >= 11 is 1.48. The number of para-hydroxylation sites is 1. The minimum atomic E-state index is -0.983. The van der Waals surface area contributed by atoms with Gasteiger partial charge in [-0.15, -0.1) is 11.3 Å². The molecule has 0 atom stereocenters. The Hall–Kier alpha value is -2.40.